The van der Waals surface area contributed by atoms with Gasteiger partial charge in [0.25, 0.3) is 10.2 Å². The Bertz CT molecular complexity index is 274. The Morgan fingerprint density at radius 2 is 1.88 bits per heavy atom. The SMILES string of the molecule is CCCCCCNS(=O)(=O)N1CCNCC1. The molecule has 0 bridgehead atoms. The molecule has 1 heterocycles. The van der Waals surface area contributed by atoms with Gasteiger partial charge in [0.05, 0.1) is 0 Å². The van der Waals surface area contributed by atoms with Crippen LogP contribution in [0.5, 0.6) is 0 Å². The van der Waals surface area contributed by atoms with E-state index in [1.165, 1.54) is 17.1 Å². The minimum absolute atomic E-state index is 0.562. The number of rotatable bonds is 7. The Morgan fingerprint density at radius 1 is 1.19 bits per heavy atom. The molecule has 2 N–H and O–H groups in total. The predicted octanol–water partition coefficient (Wildman–Crippen LogP) is 0.306. The first-order chi connectivity index (χ1) is 7.67. The largest absolute Gasteiger partial charge is 0.314 e. The van der Waals surface area contributed by atoms with Gasteiger partial charge in [0, 0.05) is 32.7 Å². The summed E-state index contributed by atoms with van der Waals surface area (Å²) in [6.45, 7) is 5.35. The van der Waals surface area contributed by atoms with E-state index >= 15 is 0 Å². The van der Waals surface area contributed by atoms with E-state index in [0.717, 1.165) is 25.9 Å². The smallest absolute Gasteiger partial charge is 0.279 e. The minimum atomic E-state index is -3.23. The van der Waals surface area contributed by atoms with Crippen molar-refractivity contribution in [3.8, 4) is 0 Å². The second-order valence-corrected chi connectivity index (χ2v) is 5.86. The Kier molecular flexibility index (Phi) is 6.26. The lowest BCUT2D eigenvalue weighted by Crippen LogP contribution is -2.50. The molecule has 0 saturated carbocycles. The van der Waals surface area contributed by atoms with Gasteiger partial charge in [-0.3, -0.25) is 0 Å². The van der Waals surface area contributed by atoms with Crippen LogP contribution in [0, 0.1) is 0 Å². The second-order valence-electron chi connectivity index (χ2n) is 4.11. The quantitative estimate of drug-likeness (QED) is 0.638. The normalized spacial score (nSPS) is 18.8. The zero-order valence-electron chi connectivity index (χ0n) is 10.0. The van der Waals surface area contributed by atoms with Gasteiger partial charge in [-0.1, -0.05) is 26.2 Å². The van der Waals surface area contributed by atoms with E-state index in [9.17, 15) is 8.42 Å². The molecule has 0 aromatic carbocycles. The van der Waals surface area contributed by atoms with Crippen molar-refractivity contribution >= 4 is 10.2 Å². The van der Waals surface area contributed by atoms with E-state index < -0.39 is 10.2 Å². The van der Waals surface area contributed by atoms with Crippen molar-refractivity contribution in [1.29, 1.82) is 0 Å². The maximum atomic E-state index is 11.8. The average molecular weight is 249 g/mol. The first-order valence-corrected chi connectivity index (χ1v) is 7.56. The second kappa shape index (κ2) is 7.21. The Hall–Kier alpha value is -0.170. The van der Waals surface area contributed by atoms with Gasteiger partial charge in [-0.25, -0.2) is 4.72 Å². The number of piperazine rings is 1. The summed E-state index contributed by atoms with van der Waals surface area (Å²) in [6.07, 6.45) is 4.37. The summed E-state index contributed by atoms with van der Waals surface area (Å²) >= 11 is 0. The highest BCUT2D eigenvalue weighted by molar-refractivity contribution is 7.87. The van der Waals surface area contributed by atoms with Crippen molar-refractivity contribution in [2.45, 2.75) is 32.6 Å². The number of nitrogens with one attached hydrogen (secondary N) is 2. The molecule has 0 unspecified atom stereocenters. The molecule has 1 rings (SSSR count). The van der Waals surface area contributed by atoms with E-state index in [-0.39, 0.29) is 0 Å². The van der Waals surface area contributed by atoms with Gasteiger partial charge >= 0.3 is 0 Å². The summed E-state index contributed by atoms with van der Waals surface area (Å²) in [5.41, 5.74) is 0. The monoisotopic (exact) mass is 249 g/mol. The zero-order valence-corrected chi connectivity index (χ0v) is 10.9. The van der Waals surface area contributed by atoms with Crippen LogP contribution in [-0.2, 0) is 10.2 Å². The number of nitrogens with zero attached hydrogens (tertiary/aromatic N) is 1. The van der Waals surface area contributed by atoms with Crippen LogP contribution in [0.2, 0.25) is 0 Å². The number of hydrogen-bond acceptors (Lipinski definition) is 3. The fraction of sp³-hybridized carbons (Fsp3) is 1.00. The molecule has 96 valence electrons. The molecule has 0 atom stereocenters. The number of unbranched alkanes of at least 4 members (excludes halogenated alkanes) is 3. The summed E-state index contributed by atoms with van der Waals surface area (Å²) in [6, 6.07) is 0. The highest BCUT2D eigenvalue weighted by atomic mass is 32.2. The van der Waals surface area contributed by atoms with Crippen LogP contribution >= 0.6 is 0 Å². The van der Waals surface area contributed by atoms with Crippen molar-refractivity contribution in [2.75, 3.05) is 32.7 Å². The van der Waals surface area contributed by atoms with Crippen LogP contribution < -0.4 is 10.0 Å². The summed E-state index contributed by atoms with van der Waals surface area (Å²) in [7, 11) is -3.23. The van der Waals surface area contributed by atoms with Crippen molar-refractivity contribution in [3.05, 3.63) is 0 Å². The molecular formula is C10H23N3O2S. The molecule has 0 aromatic rings. The van der Waals surface area contributed by atoms with Crippen molar-refractivity contribution in [3.63, 3.8) is 0 Å². The topological polar surface area (TPSA) is 61.4 Å². The molecular weight excluding hydrogens is 226 g/mol. The summed E-state index contributed by atoms with van der Waals surface area (Å²) < 4.78 is 27.8. The molecule has 1 fully saturated rings. The van der Waals surface area contributed by atoms with Crippen LogP contribution in [-0.4, -0.2) is 45.4 Å². The Labute approximate surface area is 98.8 Å². The average Bonchev–Trinajstić information content (AvgIpc) is 2.30. The van der Waals surface area contributed by atoms with Gasteiger partial charge in [-0.2, -0.15) is 12.7 Å². The van der Waals surface area contributed by atoms with E-state index in [4.69, 9.17) is 0 Å². The highest BCUT2D eigenvalue weighted by Crippen LogP contribution is 2.01. The van der Waals surface area contributed by atoms with Gasteiger partial charge in [0.15, 0.2) is 0 Å². The molecule has 1 saturated heterocycles. The number of hydrogen-bond donors (Lipinski definition) is 2. The lowest BCUT2D eigenvalue weighted by atomic mass is 10.2. The van der Waals surface area contributed by atoms with Gasteiger partial charge in [0.2, 0.25) is 0 Å². The lowest BCUT2D eigenvalue weighted by Gasteiger charge is -2.26. The van der Waals surface area contributed by atoms with E-state index in [0.29, 0.717) is 19.6 Å². The van der Waals surface area contributed by atoms with E-state index in [2.05, 4.69) is 17.0 Å². The molecule has 16 heavy (non-hydrogen) atoms. The molecule has 1 aliphatic rings. The molecule has 0 radical (unpaired) electrons. The standard InChI is InChI=1S/C10H23N3O2S/c1-2-3-4-5-6-12-16(14,15)13-9-7-11-8-10-13/h11-12H,2-10H2,1H3. The van der Waals surface area contributed by atoms with Gasteiger partial charge in [-0.15, -0.1) is 0 Å². The van der Waals surface area contributed by atoms with E-state index in [1.54, 1.807) is 0 Å². The highest BCUT2D eigenvalue weighted by Gasteiger charge is 2.22. The molecule has 0 amide bonds. The molecule has 5 nitrogen and oxygen atoms in total. The minimum Gasteiger partial charge on any atom is -0.314 e. The Morgan fingerprint density at radius 3 is 2.50 bits per heavy atom. The van der Waals surface area contributed by atoms with Crippen LogP contribution in [0.25, 0.3) is 0 Å². The maximum absolute atomic E-state index is 11.8. The third kappa shape index (κ3) is 4.78. The van der Waals surface area contributed by atoms with Crippen LogP contribution in [0.1, 0.15) is 32.6 Å². The van der Waals surface area contributed by atoms with Gasteiger partial charge in [0.1, 0.15) is 0 Å². The summed E-state index contributed by atoms with van der Waals surface area (Å²) in [4.78, 5) is 0. The third-order valence-electron chi connectivity index (χ3n) is 2.73. The Balaban J connectivity index is 2.22. The predicted molar refractivity (Wildman–Crippen MR) is 65.5 cm³/mol. The van der Waals surface area contributed by atoms with Crippen molar-refractivity contribution < 1.29 is 8.42 Å². The lowest BCUT2D eigenvalue weighted by molar-refractivity contribution is 0.354. The first kappa shape index (κ1) is 13.9. The van der Waals surface area contributed by atoms with Crippen LogP contribution in [0.15, 0.2) is 0 Å². The summed E-state index contributed by atoms with van der Waals surface area (Å²) in [5, 5.41) is 3.14. The molecule has 0 spiro atoms. The fourth-order valence-corrected chi connectivity index (χ4v) is 2.98. The maximum Gasteiger partial charge on any atom is 0.279 e. The molecule has 6 heteroatoms. The summed E-state index contributed by atoms with van der Waals surface area (Å²) in [5.74, 6) is 0. The molecule has 0 aromatic heterocycles. The molecule has 1 aliphatic heterocycles. The van der Waals surface area contributed by atoms with Crippen molar-refractivity contribution in [2.24, 2.45) is 0 Å². The van der Waals surface area contributed by atoms with Crippen molar-refractivity contribution in [1.82, 2.24) is 14.3 Å². The van der Waals surface area contributed by atoms with Crippen LogP contribution in [0.4, 0.5) is 0 Å². The van der Waals surface area contributed by atoms with Gasteiger partial charge in [-0.05, 0) is 6.42 Å². The van der Waals surface area contributed by atoms with Crippen LogP contribution in [0.3, 0.4) is 0 Å². The third-order valence-corrected chi connectivity index (χ3v) is 4.34. The molecule has 0 aliphatic carbocycles. The first-order valence-electron chi connectivity index (χ1n) is 6.12. The fourth-order valence-electron chi connectivity index (χ4n) is 1.73. The van der Waals surface area contributed by atoms with E-state index in [1.807, 2.05) is 0 Å². The zero-order chi connectivity index (χ0) is 11.9. The van der Waals surface area contributed by atoms with Gasteiger partial charge < -0.3 is 5.32 Å².